The Kier molecular flexibility index (Phi) is 5.53. The van der Waals surface area contributed by atoms with Gasteiger partial charge >= 0.3 is 5.97 Å². The lowest BCUT2D eigenvalue weighted by Crippen LogP contribution is -2.33. The van der Waals surface area contributed by atoms with E-state index in [9.17, 15) is 18.8 Å². The summed E-state index contributed by atoms with van der Waals surface area (Å²) >= 11 is 0. The zero-order chi connectivity index (χ0) is 21.3. The Morgan fingerprint density at radius 3 is 2.73 bits per heavy atom. The zero-order valence-corrected chi connectivity index (χ0v) is 16.7. The van der Waals surface area contributed by atoms with E-state index in [1.54, 1.807) is 6.07 Å². The molecule has 2 aromatic carbocycles. The Balaban J connectivity index is 1.35. The lowest BCUT2D eigenvalue weighted by atomic mass is 10.1. The maximum atomic E-state index is 14.0. The van der Waals surface area contributed by atoms with Crippen molar-refractivity contribution < 1.29 is 23.5 Å². The van der Waals surface area contributed by atoms with Crippen molar-refractivity contribution in [2.24, 2.45) is 5.92 Å². The molecule has 6 nitrogen and oxygen atoms in total. The van der Waals surface area contributed by atoms with Crippen LogP contribution in [0.15, 0.2) is 42.5 Å². The number of rotatable bonds is 5. The molecular weight excluding hydrogens is 387 g/mol. The molecule has 2 aromatic rings. The SMILES string of the molecule is C[C@H](OC(=O)[C@@H]1CC(=O)N(c2ccccc2F)C1)C(=O)Nc1ccc2c(c1)CCC2. The van der Waals surface area contributed by atoms with Gasteiger partial charge in [0.15, 0.2) is 6.10 Å². The lowest BCUT2D eigenvalue weighted by Gasteiger charge is -2.18. The second-order valence-electron chi connectivity index (χ2n) is 7.76. The lowest BCUT2D eigenvalue weighted by molar-refractivity contribution is -0.157. The first kappa shape index (κ1) is 20.1. The summed E-state index contributed by atoms with van der Waals surface area (Å²) in [6, 6.07) is 11.7. The van der Waals surface area contributed by atoms with E-state index >= 15 is 0 Å². The molecule has 2 atom stereocenters. The fourth-order valence-corrected chi connectivity index (χ4v) is 3.99. The first-order chi connectivity index (χ1) is 14.4. The molecule has 1 N–H and O–H groups in total. The quantitative estimate of drug-likeness (QED) is 0.768. The van der Waals surface area contributed by atoms with Crippen LogP contribution in [0.5, 0.6) is 0 Å². The predicted molar refractivity (Wildman–Crippen MR) is 110 cm³/mol. The number of amides is 2. The molecule has 2 aliphatic rings. The molecule has 156 valence electrons. The van der Waals surface area contributed by atoms with Gasteiger partial charge in [-0.05, 0) is 61.6 Å². The Bertz CT molecular complexity index is 1010. The molecule has 1 saturated heterocycles. The number of carbonyl (C=O) groups excluding carboxylic acids is 3. The second kappa shape index (κ2) is 8.26. The van der Waals surface area contributed by atoms with Crippen molar-refractivity contribution in [2.45, 2.75) is 38.7 Å². The van der Waals surface area contributed by atoms with E-state index in [-0.39, 0.29) is 24.6 Å². The second-order valence-corrected chi connectivity index (χ2v) is 7.76. The minimum absolute atomic E-state index is 0.0256. The molecule has 0 saturated carbocycles. The monoisotopic (exact) mass is 410 g/mol. The molecule has 0 radical (unpaired) electrons. The Hall–Kier alpha value is -3.22. The molecule has 0 unspecified atom stereocenters. The molecule has 0 bridgehead atoms. The first-order valence-corrected chi connectivity index (χ1v) is 10.1. The number of nitrogens with zero attached hydrogens (tertiary/aromatic N) is 1. The standard InChI is InChI=1S/C23H23FN2O4/c1-14(22(28)25-18-10-9-15-5-4-6-16(15)11-18)30-23(29)17-12-21(27)26(13-17)20-8-3-2-7-19(20)24/h2-3,7-11,14,17H,4-6,12-13H2,1H3,(H,25,28)/t14-,17+/m0/s1. The summed E-state index contributed by atoms with van der Waals surface area (Å²) in [5.41, 5.74) is 3.35. The van der Waals surface area contributed by atoms with Crippen molar-refractivity contribution in [1.29, 1.82) is 0 Å². The van der Waals surface area contributed by atoms with E-state index in [1.165, 1.54) is 41.1 Å². The van der Waals surface area contributed by atoms with Gasteiger partial charge < -0.3 is 15.0 Å². The average molecular weight is 410 g/mol. The topological polar surface area (TPSA) is 75.7 Å². The highest BCUT2D eigenvalue weighted by Gasteiger charge is 2.38. The first-order valence-electron chi connectivity index (χ1n) is 10.1. The minimum Gasteiger partial charge on any atom is -0.452 e. The van der Waals surface area contributed by atoms with Gasteiger partial charge in [-0.3, -0.25) is 14.4 Å². The largest absolute Gasteiger partial charge is 0.452 e. The molecule has 4 rings (SSSR count). The van der Waals surface area contributed by atoms with Crippen LogP contribution in [0.3, 0.4) is 0 Å². The van der Waals surface area contributed by atoms with Crippen molar-refractivity contribution >= 4 is 29.2 Å². The third-order valence-corrected chi connectivity index (χ3v) is 5.63. The summed E-state index contributed by atoms with van der Waals surface area (Å²) in [5, 5.41) is 2.78. The number of nitrogens with one attached hydrogen (secondary N) is 1. The number of benzene rings is 2. The number of fused-ring (bicyclic) bond motifs is 1. The van der Waals surface area contributed by atoms with Gasteiger partial charge in [-0.2, -0.15) is 0 Å². The Morgan fingerprint density at radius 1 is 1.17 bits per heavy atom. The van der Waals surface area contributed by atoms with Crippen LogP contribution in [0.1, 0.15) is 30.9 Å². The summed E-state index contributed by atoms with van der Waals surface area (Å²) in [7, 11) is 0. The Morgan fingerprint density at radius 2 is 1.93 bits per heavy atom. The number of ether oxygens (including phenoxy) is 1. The summed E-state index contributed by atoms with van der Waals surface area (Å²) in [6.07, 6.45) is 2.08. The molecular formula is C23H23FN2O4. The molecule has 0 spiro atoms. The van der Waals surface area contributed by atoms with Crippen molar-refractivity contribution in [3.63, 3.8) is 0 Å². The van der Waals surface area contributed by atoms with Gasteiger partial charge in [-0.25, -0.2) is 4.39 Å². The van der Waals surface area contributed by atoms with Gasteiger partial charge in [0.1, 0.15) is 5.82 Å². The minimum atomic E-state index is -1.01. The predicted octanol–water partition coefficient (Wildman–Crippen LogP) is 3.24. The van der Waals surface area contributed by atoms with Gasteiger partial charge in [0.2, 0.25) is 5.91 Å². The number of halogens is 1. The molecule has 1 heterocycles. The summed E-state index contributed by atoms with van der Waals surface area (Å²) in [4.78, 5) is 38.5. The highest BCUT2D eigenvalue weighted by atomic mass is 19.1. The van der Waals surface area contributed by atoms with Gasteiger partial charge in [0.05, 0.1) is 11.6 Å². The van der Waals surface area contributed by atoms with Gasteiger partial charge in [0, 0.05) is 18.7 Å². The van der Waals surface area contributed by atoms with Crippen molar-refractivity contribution in [2.75, 3.05) is 16.8 Å². The fraction of sp³-hybridized carbons (Fsp3) is 0.348. The normalized spacial score (nSPS) is 18.8. The van der Waals surface area contributed by atoms with Crippen LogP contribution in [0.4, 0.5) is 15.8 Å². The van der Waals surface area contributed by atoms with E-state index < -0.39 is 29.7 Å². The van der Waals surface area contributed by atoms with Crippen LogP contribution < -0.4 is 10.2 Å². The highest BCUT2D eigenvalue weighted by molar-refractivity contribution is 6.00. The molecule has 2 amide bonds. The van der Waals surface area contributed by atoms with Crippen molar-refractivity contribution in [3.8, 4) is 0 Å². The molecule has 7 heteroatoms. The van der Waals surface area contributed by atoms with Crippen LogP contribution in [-0.4, -0.2) is 30.4 Å². The van der Waals surface area contributed by atoms with E-state index in [1.807, 2.05) is 18.2 Å². The number of aryl methyl sites for hydroxylation is 2. The van der Waals surface area contributed by atoms with Gasteiger partial charge in [0.25, 0.3) is 5.91 Å². The Labute approximate surface area is 174 Å². The van der Waals surface area contributed by atoms with E-state index in [0.29, 0.717) is 5.69 Å². The van der Waals surface area contributed by atoms with Gasteiger partial charge in [-0.1, -0.05) is 18.2 Å². The van der Waals surface area contributed by atoms with E-state index in [2.05, 4.69) is 5.32 Å². The van der Waals surface area contributed by atoms with E-state index in [0.717, 1.165) is 19.3 Å². The van der Waals surface area contributed by atoms with Crippen LogP contribution in [-0.2, 0) is 32.0 Å². The number of para-hydroxylation sites is 1. The molecule has 1 aliphatic carbocycles. The number of hydrogen-bond acceptors (Lipinski definition) is 4. The molecule has 0 aromatic heterocycles. The number of esters is 1. The van der Waals surface area contributed by atoms with Crippen LogP contribution >= 0.6 is 0 Å². The summed E-state index contributed by atoms with van der Waals surface area (Å²) in [5.74, 6) is -2.69. The molecule has 1 fully saturated rings. The van der Waals surface area contributed by atoms with Crippen molar-refractivity contribution in [1.82, 2.24) is 0 Å². The maximum absolute atomic E-state index is 14.0. The molecule has 1 aliphatic heterocycles. The van der Waals surface area contributed by atoms with Crippen LogP contribution in [0, 0.1) is 11.7 Å². The van der Waals surface area contributed by atoms with E-state index in [4.69, 9.17) is 4.74 Å². The smallest absolute Gasteiger partial charge is 0.312 e. The van der Waals surface area contributed by atoms with Gasteiger partial charge in [-0.15, -0.1) is 0 Å². The van der Waals surface area contributed by atoms with Crippen LogP contribution in [0.2, 0.25) is 0 Å². The molecule has 30 heavy (non-hydrogen) atoms. The summed E-state index contributed by atoms with van der Waals surface area (Å²) in [6.45, 7) is 1.52. The fourth-order valence-electron chi connectivity index (χ4n) is 3.99. The maximum Gasteiger partial charge on any atom is 0.312 e. The number of anilines is 2. The number of carbonyl (C=O) groups is 3. The zero-order valence-electron chi connectivity index (χ0n) is 16.7. The number of hydrogen-bond donors (Lipinski definition) is 1. The van der Waals surface area contributed by atoms with Crippen LogP contribution in [0.25, 0.3) is 0 Å². The third kappa shape index (κ3) is 4.06. The highest BCUT2D eigenvalue weighted by Crippen LogP contribution is 2.28. The van der Waals surface area contributed by atoms with Crippen molar-refractivity contribution in [3.05, 3.63) is 59.4 Å². The average Bonchev–Trinajstić information content (AvgIpc) is 3.34. The summed E-state index contributed by atoms with van der Waals surface area (Å²) < 4.78 is 19.3. The third-order valence-electron chi connectivity index (χ3n) is 5.63.